The Kier molecular flexibility index (Phi) is 7.72. The van der Waals surface area contributed by atoms with Crippen LogP contribution in [0.3, 0.4) is 0 Å². The Morgan fingerprint density at radius 2 is 1.81 bits per heavy atom. The van der Waals surface area contributed by atoms with Crippen molar-refractivity contribution in [2.24, 2.45) is 0 Å². The quantitative estimate of drug-likeness (QED) is 0.393. The van der Waals surface area contributed by atoms with Crippen molar-refractivity contribution in [1.29, 1.82) is 0 Å². The summed E-state index contributed by atoms with van der Waals surface area (Å²) in [5, 5.41) is 3.55. The van der Waals surface area contributed by atoms with Crippen molar-refractivity contribution >= 4 is 17.7 Å². The summed E-state index contributed by atoms with van der Waals surface area (Å²) in [5.41, 5.74) is 3.07. The zero-order valence-corrected chi connectivity index (χ0v) is 18.8. The van der Waals surface area contributed by atoms with Gasteiger partial charge in [-0.05, 0) is 43.2 Å². The molecule has 1 heterocycles. The van der Waals surface area contributed by atoms with Crippen LogP contribution in [0.1, 0.15) is 16.7 Å². The third-order valence-corrected chi connectivity index (χ3v) is 5.27. The molecule has 0 saturated carbocycles. The van der Waals surface area contributed by atoms with Gasteiger partial charge in [0, 0.05) is 18.2 Å². The Morgan fingerprint density at radius 1 is 1.03 bits per heavy atom. The molecule has 8 heteroatoms. The lowest BCUT2D eigenvalue weighted by atomic mass is 10.1. The standard InChI is InChI=1S/C23H25N3O4S/c1-15-8-16(2)10-18(9-15)30-21-11-22(26-14-25-21)31-13-20(27)24-12-17-6-5-7-19(28-3)23(17)29-4/h5-11,14H,12-13H2,1-4H3,(H,24,27). The monoisotopic (exact) mass is 439 g/mol. The molecule has 2 aromatic carbocycles. The molecular weight excluding hydrogens is 414 g/mol. The highest BCUT2D eigenvalue weighted by Crippen LogP contribution is 2.30. The molecule has 1 N–H and O–H groups in total. The van der Waals surface area contributed by atoms with Gasteiger partial charge in [0.15, 0.2) is 11.5 Å². The first-order chi connectivity index (χ1) is 15.0. The van der Waals surface area contributed by atoms with Gasteiger partial charge >= 0.3 is 0 Å². The van der Waals surface area contributed by atoms with E-state index in [4.69, 9.17) is 14.2 Å². The molecule has 0 bridgehead atoms. The summed E-state index contributed by atoms with van der Waals surface area (Å²) >= 11 is 1.31. The van der Waals surface area contributed by atoms with Crippen molar-refractivity contribution in [3.63, 3.8) is 0 Å². The van der Waals surface area contributed by atoms with Crippen LogP contribution in [0.25, 0.3) is 0 Å². The van der Waals surface area contributed by atoms with Crippen LogP contribution in [-0.4, -0.2) is 35.8 Å². The Balaban J connectivity index is 1.55. The molecule has 31 heavy (non-hydrogen) atoms. The van der Waals surface area contributed by atoms with Gasteiger partial charge in [0.1, 0.15) is 17.1 Å². The van der Waals surface area contributed by atoms with E-state index in [0.29, 0.717) is 28.9 Å². The van der Waals surface area contributed by atoms with Crippen molar-refractivity contribution in [2.75, 3.05) is 20.0 Å². The van der Waals surface area contributed by atoms with Crippen molar-refractivity contribution in [3.05, 3.63) is 65.5 Å². The lowest BCUT2D eigenvalue weighted by molar-refractivity contribution is -0.118. The minimum atomic E-state index is -0.120. The number of methoxy groups -OCH3 is 2. The van der Waals surface area contributed by atoms with E-state index in [-0.39, 0.29) is 11.7 Å². The molecule has 0 atom stereocenters. The van der Waals surface area contributed by atoms with E-state index in [1.54, 1.807) is 20.3 Å². The van der Waals surface area contributed by atoms with Gasteiger partial charge in [0.2, 0.25) is 11.8 Å². The molecule has 0 aliphatic heterocycles. The second-order valence-electron chi connectivity index (χ2n) is 6.84. The average molecular weight is 440 g/mol. The molecule has 1 aromatic heterocycles. The fraction of sp³-hybridized carbons (Fsp3) is 0.261. The van der Waals surface area contributed by atoms with Gasteiger partial charge in [0.05, 0.1) is 20.0 Å². The number of aromatic nitrogens is 2. The first kappa shape index (κ1) is 22.4. The predicted molar refractivity (Wildman–Crippen MR) is 120 cm³/mol. The highest BCUT2D eigenvalue weighted by molar-refractivity contribution is 7.99. The van der Waals surface area contributed by atoms with Crippen molar-refractivity contribution in [1.82, 2.24) is 15.3 Å². The first-order valence-electron chi connectivity index (χ1n) is 9.66. The van der Waals surface area contributed by atoms with Gasteiger partial charge in [-0.1, -0.05) is 30.0 Å². The molecule has 3 rings (SSSR count). The lowest BCUT2D eigenvalue weighted by Crippen LogP contribution is -2.24. The fourth-order valence-electron chi connectivity index (χ4n) is 3.05. The molecule has 1 amide bonds. The van der Waals surface area contributed by atoms with Gasteiger partial charge < -0.3 is 19.5 Å². The van der Waals surface area contributed by atoms with Crippen LogP contribution in [0.5, 0.6) is 23.1 Å². The number of aryl methyl sites for hydroxylation is 2. The normalized spacial score (nSPS) is 10.5. The number of ether oxygens (including phenoxy) is 3. The van der Waals surface area contributed by atoms with Crippen LogP contribution in [0, 0.1) is 13.8 Å². The SMILES string of the molecule is COc1cccc(CNC(=O)CSc2cc(Oc3cc(C)cc(C)c3)ncn2)c1OC. The summed E-state index contributed by atoms with van der Waals surface area (Å²) in [7, 11) is 3.16. The number of benzene rings is 2. The van der Waals surface area contributed by atoms with Crippen LogP contribution >= 0.6 is 11.8 Å². The van der Waals surface area contributed by atoms with Crippen LogP contribution in [-0.2, 0) is 11.3 Å². The predicted octanol–water partition coefficient (Wildman–Crippen LogP) is 4.31. The van der Waals surface area contributed by atoms with E-state index in [0.717, 1.165) is 22.4 Å². The van der Waals surface area contributed by atoms with E-state index in [1.807, 2.05) is 44.2 Å². The highest BCUT2D eigenvalue weighted by Gasteiger charge is 2.11. The molecule has 0 radical (unpaired) electrons. The van der Waals surface area contributed by atoms with Crippen molar-refractivity contribution in [3.8, 4) is 23.1 Å². The van der Waals surface area contributed by atoms with E-state index >= 15 is 0 Å². The number of carbonyl (C=O) groups is 1. The lowest BCUT2D eigenvalue weighted by Gasteiger charge is -2.13. The van der Waals surface area contributed by atoms with Crippen LogP contribution in [0.15, 0.2) is 53.8 Å². The summed E-state index contributed by atoms with van der Waals surface area (Å²) < 4.78 is 16.5. The van der Waals surface area contributed by atoms with Gasteiger partial charge in [-0.2, -0.15) is 0 Å². The second kappa shape index (κ2) is 10.7. The number of hydrogen-bond donors (Lipinski definition) is 1. The summed E-state index contributed by atoms with van der Waals surface area (Å²) in [4.78, 5) is 20.7. The number of carbonyl (C=O) groups excluding carboxylic acids is 1. The zero-order chi connectivity index (χ0) is 22.2. The van der Waals surface area contributed by atoms with E-state index < -0.39 is 0 Å². The molecule has 0 saturated heterocycles. The smallest absolute Gasteiger partial charge is 0.230 e. The van der Waals surface area contributed by atoms with E-state index in [9.17, 15) is 4.79 Å². The number of rotatable bonds is 9. The fourth-order valence-corrected chi connectivity index (χ4v) is 3.73. The maximum absolute atomic E-state index is 12.3. The molecule has 0 unspecified atom stereocenters. The highest BCUT2D eigenvalue weighted by atomic mass is 32.2. The molecule has 0 fully saturated rings. The zero-order valence-electron chi connectivity index (χ0n) is 18.0. The topological polar surface area (TPSA) is 82.6 Å². The molecule has 0 spiro atoms. The molecule has 0 aliphatic carbocycles. The molecular formula is C23H25N3O4S. The van der Waals surface area contributed by atoms with E-state index in [1.165, 1.54) is 18.1 Å². The summed E-state index contributed by atoms with van der Waals surface area (Å²) in [5.74, 6) is 2.49. The van der Waals surface area contributed by atoms with Gasteiger partial charge in [-0.15, -0.1) is 0 Å². The second-order valence-corrected chi connectivity index (χ2v) is 7.83. The van der Waals surface area contributed by atoms with E-state index in [2.05, 4.69) is 21.4 Å². The average Bonchev–Trinajstić information content (AvgIpc) is 2.75. The minimum Gasteiger partial charge on any atom is -0.493 e. The number of nitrogens with one attached hydrogen (secondary N) is 1. The molecule has 0 aliphatic rings. The number of nitrogens with zero attached hydrogens (tertiary/aromatic N) is 2. The Labute approximate surface area is 186 Å². The molecule has 3 aromatic rings. The summed E-state index contributed by atoms with van der Waals surface area (Å²) in [6.07, 6.45) is 1.43. The number of thioether (sulfide) groups is 1. The maximum Gasteiger partial charge on any atom is 0.230 e. The molecule has 7 nitrogen and oxygen atoms in total. The van der Waals surface area contributed by atoms with Gasteiger partial charge in [-0.25, -0.2) is 9.97 Å². The number of amides is 1. The van der Waals surface area contributed by atoms with Crippen LogP contribution in [0.4, 0.5) is 0 Å². The van der Waals surface area contributed by atoms with Crippen LogP contribution in [0.2, 0.25) is 0 Å². The summed E-state index contributed by atoms with van der Waals surface area (Å²) in [6.45, 7) is 4.37. The largest absolute Gasteiger partial charge is 0.493 e. The minimum absolute atomic E-state index is 0.120. The first-order valence-corrected chi connectivity index (χ1v) is 10.6. The van der Waals surface area contributed by atoms with Gasteiger partial charge in [0.25, 0.3) is 0 Å². The number of para-hydroxylation sites is 1. The maximum atomic E-state index is 12.3. The number of hydrogen-bond acceptors (Lipinski definition) is 7. The molecule has 162 valence electrons. The Bertz CT molecular complexity index is 1040. The van der Waals surface area contributed by atoms with Crippen molar-refractivity contribution in [2.45, 2.75) is 25.4 Å². The van der Waals surface area contributed by atoms with Crippen LogP contribution < -0.4 is 19.5 Å². The Morgan fingerprint density at radius 3 is 2.52 bits per heavy atom. The Hall–Kier alpha value is -3.26. The third kappa shape index (κ3) is 6.36. The summed E-state index contributed by atoms with van der Waals surface area (Å²) in [6, 6.07) is 13.2. The van der Waals surface area contributed by atoms with Crippen molar-refractivity contribution < 1.29 is 19.0 Å². The van der Waals surface area contributed by atoms with Gasteiger partial charge in [-0.3, -0.25) is 4.79 Å². The third-order valence-electron chi connectivity index (χ3n) is 4.35.